The summed E-state index contributed by atoms with van der Waals surface area (Å²) in [6, 6.07) is 17.9. The third-order valence-corrected chi connectivity index (χ3v) is 5.47. The molecule has 0 aliphatic carbocycles. The van der Waals surface area contributed by atoms with Crippen molar-refractivity contribution in [3.8, 4) is 11.5 Å². The highest BCUT2D eigenvalue weighted by Crippen LogP contribution is 2.37. The Kier molecular flexibility index (Phi) is 9.79. The second kappa shape index (κ2) is 13.2. The predicted octanol–water partition coefficient (Wildman–Crippen LogP) is 4.78. The largest absolute Gasteiger partial charge is 0.490 e. The van der Waals surface area contributed by atoms with Gasteiger partial charge in [-0.3, -0.25) is 14.4 Å². The number of hydrogen-bond acceptors (Lipinski definition) is 6. The molecule has 0 atom stereocenters. The molecule has 0 saturated carbocycles. The monoisotopic (exact) mass is 566 g/mol. The highest BCUT2D eigenvalue weighted by molar-refractivity contribution is 9.10. The summed E-state index contributed by atoms with van der Waals surface area (Å²) in [4.78, 5) is 35.4. The fraction of sp³-hybridized carbons (Fsp3) is 0.185. The smallest absolute Gasteiger partial charge is 0.329 e. The molecule has 3 amide bonds. The molecule has 0 radical (unpaired) electrons. The summed E-state index contributed by atoms with van der Waals surface area (Å²) in [5, 5.41) is 8.95. The maximum atomic E-state index is 12.2. The maximum absolute atomic E-state index is 12.2. The van der Waals surface area contributed by atoms with Crippen molar-refractivity contribution in [3.63, 3.8) is 0 Å². The zero-order valence-corrected chi connectivity index (χ0v) is 22.2. The molecule has 3 aromatic carbocycles. The minimum absolute atomic E-state index is 0.209. The van der Waals surface area contributed by atoms with Gasteiger partial charge in [0.2, 0.25) is 5.91 Å². The minimum atomic E-state index is -0.940. The highest BCUT2D eigenvalue weighted by Gasteiger charge is 2.14. The van der Waals surface area contributed by atoms with E-state index in [0.29, 0.717) is 46.1 Å². The number of benzene rings is 3. The van der Waals surface area contributed by atoms with Gasteiger partial charge in [-0.1, -0.05) is 29.8 Å². The van der Waals surface area contributed by atoms with Crippen molar-refractivity contribution in [2.75, 3.05) is 17.2 Å². The van der Waals surface area contributed by atoms with Crippen LogP contribution in [0, 0.1) is 6.92 Å². The quantitative estimate of drug-likeness (QED) is 0.195. The minimum Gasteiger partial charge on any atom is -0.490 e. The molecule has 0 fully saturated rings. The molecule has 0 unspecified atom stereocenters. The molecular weight excluding hydrogens is 540 g/mol. The fourth-order valence-electron chi connectivity index (χ4n) is 3.15. The van der Waals surface area contributed by atoms with Gasteiger partial charge in [0.15, 0.2) is 11.5 Å². The van der Waals surface area contributed by atoms with Crippen LogP contribution in [0.5, 0.6) is 11.5 Å². The first kappa shape index (κ1) is 27.4. The molecule has 3 aromatic rings. The summed E-state index contributed by atoms with van der Waals surface area (Å²) in [5.74, 6) is -0.978. The second-order valence-electron chi connectivity index (χ2n) is 7.95. The Hall–Kier alpha value is -4.18. The third-order valence-electron chi connectivity index (χ3n) is 4.88. The molecule has 0 aromatic heterocycles. The van der Waals surface area contributed by atoms with Gasteiger partial charge in [-0.2, -0.15) is 5.10 Å². The summed E-state index contributed by atoms with van der Waals surface area (Å²) in [7, 11) is 0. The summed E-state index contributed by atoms with van der Waals surface area (Å²) < 4.78 is 12.4. The summed E-state index contributed by atoms with van der Waals surface area (Å²) in [6.07, 6.45) is 1.39. The molecule has 37 heavy (non-hydrogen) atoms. The van der Waals surface area contributed by atoms with Crippen molar-refractivity contribution in [2.24, 2.45) is 5.10 Å². The number of aryl methyl sites for hydroxylation is 1. The Labute approximate surface area is 223 Å². The average molecular weight is 567 g/mol. The van der Waals surface area contributed by atoms with Crippen molar-refractivity contribution >= 4 is 51.2 Å². The van der Waals surface area contributed by atoms with E-state index in [0.717, 1.165) is 5.56 Å². The molecule has 0 aliphatic heterocycles. The zero-order valence-electron chi connectivity index (χ0n) is 20.6. The van der Waals surface area contributed by atoms with Crippen LogP contribution in [-0.2, 0) is 21.0 Å². The van der Waals surface area contributed by atoms with Crippen molar-refractivity contribution < 1.29 is 23.9 Å². The number of ether oxygens (including phenoxy) is 2. The van der Waals surface area contributed by atoms with E-state index in [1.54, 1.807) is 36.4 Å². The van der Waals surface area contributed by atoms with E-state index >= 15 is 0 Å². The van der Waals surface area contributed by atoms with Crippen molar-refractivity contribution in [1.82, 2.24) is 5.43 Å². The predicted molar refractivity (Wildman–Crippen MR) is 146 cm³/mol. The van der Waals surface area contributed by atoms with Gasteiger partial charge >= 0.3 is 11.8 Å². The molecule has 3 N–H and O–H groups in total. The molecule has 192 valence electrons. The van der Waals surface area contributed by atoms with E-state index in [4.69, 9.17) is 9.47 Å². The van der Waals surface area contributed by atoms with Crippen LogP contribution in [0.3, 0.4) is 0 Å². The third kappa shape index (κ3) is 8.46. The molecule has 3 rings (SSSR count). The number of anilines is 2. The van der Waals surface area contributed by atoms with Crippen LogP contribution in [0.1, 0.15) is 30.5 Å². The van der Waals surface area contributed by atoms with E-state index in [-0.39, 0.29) is 5.91 Å². The Morgan fingerprint density at radius 1 is 0.919 bits per heavy atom. The van der Waals surface area contributed by atoms with Gasteiger partial charge in [-0.15, -0.1) is 0 Å². The van der Waals surface area contributed by atoms with Gasteiger partial charge in [0.1, 0.15) is 6.61 Å². The summed E-state index contributed by atoms with van der Waals surface area (Å²) in [6.45, 7) is 6.08. The number of carbonyl (C=O) groups excluding carboxylic acids is 3. The Morgan fingerprint density at radius 2 is 1.57 bits per heavy atom. The normalized spacial score (nSPS) is 10.6. The lowest BCUT2D eigenvalue weighted by Crippen LogP contribution is -2.32. The lowest BCUT2D eigenvalue weighted by molar-refractivity contribution is -0.136. The topological polar surface area (TPSA) is 118 Å². The fourth-order valence-corrected chi connectivity index (χ4v) is 3.72. The van der Waals surface area contributed by atoms with Crippen LogP contribution in [0.2, 0.25) is 0 Å². The molecule has 9 nitrogen and oxygen atoms in total. The Balaban J connectivity index is 1.60. The van der Waals surface area contributed by atoms with Crippen molar-refractivity contribution in [2.45, 2.75) is 27.4 Å². The standard InChI is InChI=1S/C27H27BrN4O5/c1-4-36-24-14-20(13-23(28)25(24)37-16-19-7-5-17(2)6-8-19)15-29-32-27(35)26(34)31-22-11-9-21(10-12-22)30-18(3)33/h5-15H,4,16H2,1-3H3,(H,30,33)(H,31,34)(H,32,35)/b29-15+. The molecule has 0 aliphatic rings. The van der Waals surface area contributed by atoms with Crippen LogP contribution in [-0.4, -0.2) is 30.5 Å². The number of carbonyl (C=O) groups is 3. The number of hydrazone groups is 1. The lowest BCUT2D eigenvalue weighted by Gasteiger charge is -2.15. The first-order chi connectivity index (χ1) is 17.7. The molecule has 0 spiro atoms. The number of rotatable bonds is 9. The first-order valence-electron chi connectivity index (χ1n) is 11.4. The second-order valence-corrected chi connectivity index (χ2v) is 8.80. The molecule has 0 heterocycles. The molecule has 0 bridgehead atoms. The molecule has 0 saturated heterocycles. The number of nitrogens with zero attached hydrogens (tertiary/aromatic N) is 1. The van der Waals surface area contributed by atoms with Crippen LogP contribution >= 0.6 is 15.9 Å². The SMILES string of the molecule is CCOc1cc(/C=N/NC(=O)C(=O)Nc2ccc(NC(C)=O)cc2)cc(Br)c1OCc1ccc(C)cc1. The van der Waals surface area contributed by atoms with Gasteiger partial charge in [-0.05, 0) is 77.3 Å². The van der Waals surface area contributed by atoms with E-state index < -0.39 is 11.8 Å². The van der Waals surface area contributed by atoms with Gasteiger partial charge in [0, 0.05) is 18.3 Å². The van der Waals surface area contributed by atoms with Crippen LogP contribution in [0.15, 0.2) is 70.2 Å². The zero-order chi connectivity index (χ0) is 26.8. The summed E-state index contributed by atoms with van der Waals surface area (Å²) in [5.41, 5.74) is 5.98. The van der Waals surface area contributed by atoms with Crippen molar-refractivity contribution in [1.29, 1.82) is 0 Å². The maximum Gasteiger partial charge on any atom is 0.329 e. The van der Waals surface area contributed by atoms with Crippen LogP contribution in [0.4, 0.5) is 11.4 Å². The van der Waals surface area contributed by atoms with Gasteiger partial charge in [0.25, 0.3) is 0 Å². The number of amides is 3. The van der Waals surface area contributed by atoms with Gasteiger partial charge < -0.3 is 20.1 Å². The highest BCUT2D eigenvalue weighted by atomic mass is 79.9. The number of nitrogens with one attached hydrogen (secondary N) is 3. The molecular formula is C27H27BrN4O5. The van der Waals surface area contributed by atoms with Gasteiger partial charge in [-0.25, -0.2) is 5.43 Å². The summed E-state index contributed by atoms with van der Waals surface area (Å²) >= 11 is 3.51. The van der Waals surface area contributed by atoms with Crippen LogP contribution < -0.4 is 25.5 Å². The molecule has 10 heteroatoms. The lowest BCUT2D eigenvalue weighted by atomic mass is 10.2. The van der Waals surface area contributed by atoms with E-state index in [1.165, 1.54) is 18.7 Å². The Morgan fingerprint density at radius 3 is 2.19 bits per heavy atom. The first-order valence-corrected chi connectivity index (χ1v) is 12.2. The number of hydrogen-bond donors (Lipinski definition) is 3. The van der Waals surface area contributed by atoms with E-state index in [2.05, 4.69) is 37.1 Å². The van der Waals surface area contributed by atoms with Gasteiger partial charge in [0.05, 0.1) is 17.3 Å². The number of halogens is 1. The van der Waals surface area contributed by atoms with Crippen molar-refractivity contribution in [3.05, 3.63) is 81.8 Å². The van der Waals surface area contributed by atoms with E-state index in [9.17, 15) is 14.4 Å². The van der Waals surface area contributed by atoms with E-state index in [1.807, 2.05) is 38.1 Å². The van der Waals surface area contributed by atoms with Crippen LogP contribution in [0.25, 0.3) is 0 Å². The average Bonchev–Trinajstić information content (AvgIpc) is 2.85. The Bertz CT molecular complexity index is 1290.